The Hall–Kier alpha value is -1.53. The van der Waals surface area contributed by atoms with Gasteiger partial charge in [-0.15, -0.1) is 0 Å². The van der Waals surface area contributed by atoms with E-state index in [1.165, 1.54) is 24.3 Å². The summed E-state index contributed by atoms with van der Waals surface area (Å²) in [5, 5.41) is 1.75. The highest BCUT2D eigenvalue weighted by Crippen LogP contribution is 2.21. The lowest BCUT2D eigenvalue weighted by Crippen LogP contribution is -2.29. The quantitative estimate of drug-likeness (QED) is 0.842. The molecule has 0 aliphatic carbocycles. The fourth-order valence-corrected chi connectivity index (χ4v) is 3.14. The van der Waals surface area contributed by atoms with Gasteiger partial charge in [0.05, 0.1) is 16.0 Å². The van der Waals surface area contributed by atoms with Gasteiger partial charge in [-0.05, 0) is 42.0 Å². The molecule has 1 amide bonds. The maximum Gasteiger partial charge on any atom is 0.266 e. The van der Waals surface area contributed by atoms with Gasteiger partial charge >= 0.3 is 0 Å². The highest BCUT2D eigenvalue weighted by atomic mass is 35.5. The molecule has 4 nitrogen and oxygen atoms in total. The zero-order valence-electron chi connectivity index (χ0n) is 11.5. The van der Waals surface area contributed by atoms with Crippen LogP contribution in [-0.4, -0.2) is 14.3 Å². The molecule has 2 aromatic rings. The molecule has 0 radical (unpaired) electrons. The van der Waals surface area contributed by atoms with E-state index < -0.39 is 15.9 Å². The molecular formula is C15H10Cl3NO3S. The molecule has 0 unspecified atom stereocenters. The van der Waals surface area contributed by atoms with E-state index in [9.17, 15) is 13.2 Å². The molecule has 0 heterocycles. The van der Waals surface area contributed by atoms with Crippen molar-refractivity contribution in [2.75, 3.05) is 0 Å². The summed E-state index contributed by atoms with van der Waals surface area (Å²) in [5.74, 6) is -0.845. The Labute approximate surface area is 148 Å². The second-order valence-corrected chi connectivity index (χ2v) is 7.30. The molecule has 0 atom stereocenters. The van der Waals surface area contributed by atoms with Crippen LogP contribution in [0.3, 0.4) is 0 Å². The summed E-state index contributed by atoms with van der Waals surface area (Å²) in [6, 6.07) is 10.7. The van der Waals surface area contributed by atoms with Gasteiger partial charge < -0.3 is 0 Å². The van der Waals surface area contributed by atoms with Crippen LogP contribution in [0.15, 0.2) is 47.9 Å². The molecule has 0 saturated carbocycles. The minimum Gasteiger partial charge on any atom is -0.268 e. The Morgan fingerprint density at radius 1 is 1.00 bits per heavy atom. The third-order valence-electron chi connectivity index (χ3n) is 2.70. The third-order valence-corrected chi connectivity index (χ3v) is 4.45. The SMILES string of the molecule is O=C(NS(=O)(=O)C=Cc1cccc(Cl)c1)c1ccc(Cl)cc1Cl. The van der Waals surface area contributed by atoms with Crippen molar-refractivity contribution in [1.82, 2.24) is 4.72 Å². The highest BCUT2D eigenvalue weighted by Gasteiger charge is 2.16. The van der Waals surface area contributed by atoms with Crippen molar-refractivity contribution in [3.8, 4) is 0 Å². The summed E-state index contributed by atoms with van der Waals surface area (Å²) in [6.45, 7) is 0. The molecule has 0 aliphatic heterocycles. The molecule has 1 N–H and O–H groups in total. The van der Waals surface area contributed by atoms with Gasteiger partial charge in [0.2, 0.25) is 0 Å². The lowest BCUT2D eigenvalue weighted by atomic mass is 10.2. The minimum atomic E-state index is -3.98. The summed E-state index contributed by atoms with van der Waals surface area (Å²) in [7, 11) is -3.98. The fraction of sp³-hybridized carbons (Fsp3) is 0. The number of sulfonamides is 1. The van der Waals surface area contributed by atoms with E-state index >= 15 is 0 Å². The van der Waals surface area contributed by atoms with E-state index in [-0.39, 0.29) is 10.6 Å². The standard InChI is InChI=1S/C15H10Cl3NO3S/c16-11-3-1-2-10(8-11)6-7-23(21,22)19-15(20)13-5-4-12(17)9-14(13)18/h1-9H,(H,19,20). The second kappa shape index (κ2) is 7.36. The van der Waals surface area contributed by atoms with E-state index in [4.69, 9.17) is 34.8 Å². The summed E-state index contributed by atoms with van der Waals surface area (Å²) >= 11 is 17.4. The smallest absolute Gasteiger partial charge is 0.266 e. The molecule has 0 saturated heterocycles. The van der Waals surface area contributed by atoms with Crippen molar-refractivity contribution in [2.24, 2.45) is 0 Å². The summed E-state index contributed by atoms with van der Waals surface area (Å²) < 4.78 is 25.8. The van der Waals surface area contributed by atoms with Crippen LogP contribution in [0.1, 0.15) is 15.9 Å². The Kier molecular flexibility index (Phi) is 5.70. The molecule has 8 heteroatoms. The Balaban J connectivity index is 2.16. The normalized spacial score (nSPS) is 11.6. The Morgan fingerprint density at radius 3 is 2.35 bits per heavy atom. The van der Waals surface area contributed by atoms with Crippen LogP contribution in [0.25, 0.3) is 6.08 Å². The van der Waals surface area contributed by atoms with Crippen molar-refractivity contribution in [1.29, 1.82) is 0 Å². The number of hydrogen-bond donors (Lipinski definition) is 1. The van der Waals surface area contributed by atoms with Crippen LogP contribution in [0.4, 0.5) is 0 Å². The molecule has 2 aromatic carbocycles. The summed E-state index contributed by atoms with van der Waals surface area (Å²) in [6.07, 6.45) is 1.32. The first-order chi connectivity index (χ1) is 10.8. The average molecular weight is 391 g/mol. The third kappa shape index (κ3) is 5.25. The zero-order valence-corrected chi connectivity index (χ0v) is 14.5. The monoisotopic (exact) mass is 389 g/mol. The molecule has 0 spiro atoms. The molecule has 23 heavy (non-hydrogen) atoms. The van der Waals surface area contributed by atoms with Crippen LogP contribution in [0, 0.1) is 0 Å². The van der Waals surface area contributed by atoms with Crippen LogP contribution in [0.2, 0.25) is 15.1 Å². The second-order valence-electron chi connectivity index (χ2n) is 4.46. The first-order valence-electron chi connectivity index (χ1n) is 6.23. The first kappa shape index (κ1) is 17.8. The highest BCUT2D eigenvalue weighted by molar-refractivity contribution is 7.93. The number of benzene rings is 2. The van der Waals surface area contributed by atoms with Crippen molar-refractivity contribution in [3.05, 3.63) is 74.1 Å². The van der Waals surface area contributed by atoms with Gasteiger partial charge in [0.1, 0.15) is 0 Å². The molecule has 2 rings (SSSR count). The lowest BCUT2D eigenvalue weighted by molar-refractivity contribution is 0.0982. The molecule has 0 bridgehead atoms. The van der Waals surface area contributed by atoms with Crippen LogP contribution in [0.5, 0.6) is 0 Å². The van der Waals surface area contributed by atoms with Crippen molar-refractivity contribution in [2.45, 2.75) is 0 Å². The number of amides is 1. The first-order valence-corrected chi connectivity index (χ1v) is 8.91. The molecule has 0 fully saturated rings. The average Bonchev–Trinajstić information content (AvgIpc) is 2.44. The van der Waals surface area contributed by atoms with Crippen LogP contribution < -0.4 is 4.72 Å². The molecule has 0 aromatic heterocycles. The number of nitrogens with one attached hydrogen (secondary N) is 1. The number of hydrogen-bond acceptors (Lipinski definition) is 3. The van der Waals surface area contributed by atoms with Gasteiger partial charge in [-0.1, -0.05) is 46.9 Å². The van der Waals surface area contributed by atoms with Crippen molar-refractivity contribution < 1.29 is 13.2 Å². The molecule has 120 valence electrons. The van der Waals surface area contributed by atoms with Crippen molar-refractivity contribution in [3.63, 3.8) is 0 Å². The van der Waals surface area contributed by atoms with E-state index in [2.05, 4.69) is 0 Å². The Bertz CT molecular complexity index is 879. The van der Waals surface area contributed by atoms with Crippen molar-refractivity contribution >= 4 is 56.8 Å². The van der Waals surface area contributed by atoms with Crippen LogP contribution >= 0.6 is 34.8 Å². The van der Waals surface area contributed by atoms with Gasteiger partial charge in [0, 0.05) is 10.0 Å². The fourth-order valence-electron chi connectivity index (χ4n) is 1.67. The predicted octanol–water partition coefficient (Wildman–Crippen LogP) is 4.38. The maximum atomic E-state index is 12.0. The van der Waals surface area contributed by atoms with Gasteiger partial charge in [-0.2, -0.15) is 0 Å². The molecule has 0 aliphatic rings. The number of carbonyl (C=O) groups excluding carboxylic acids is 1. The van der Waals surface area contributed by atoms with Gasteiger partial charge in [-0.3, -0.25) is 4.79 Å². The van der Waals surface area contributed by atoms with E-state index in [1.807, 2.05) is 4.72 Å². The van der Waals surface area contributed by atoms with E-state index in [1.54, 1.807) is 24.3 Å². The van der Waals surface area contributed by atoms with Gasteiger partial charge in [0.25, 0.3) is 15.9 Å². The predicted molar refractivity (Wildman–Crippen MR) is 93.3 cm³/mol. The molecular weight excluding hydrogens is 381 g/mol. The van der Waals surface area contributed by atoms with Crippen LogP contribution in [-0.2, 0) is 10.0 Å². The van der Waals surface area contributed by atoms with E-state index in [0.717, 1.165) is 5.41 Å². The number of carbonyl (C=O) groups is 1. The van der Waals surface area contributed by atoms with Gasteiger partial charge in [0.15, 0.2) is 0 Å². The Morgan fingerprint density at radius 2 is 1.70 bits per heavy atom. The summed E-state index contributed by atoms with van der Waals surface area (Å²) in [4.78, 5) is 12.0. The lowest BCUT2D eigenvalue weighted by Gasteiger charge is -2.05. The minimum absolute atomic E-state index is 0.01000. The zero-order chi connectivity index (χ0) is 17.0. The summed E-state index contributed by atoms with van der Waals surface area (Å²) in [5.41, 5.74) is 0.593. The van der Waals surface area contributed by atoms with E-state index in [0.29, 0.717) is 15.6 Å². The maximum absolute atomic E-state index is 12.0. The number of rotatable bonds is 4. The largest absolute Gasteiger partial charge is 0.268 e. The van der Waals surface area contributed by atoms with Gasteiger partial charge in [-0.25, -0.2) is 13.1 Å². The topological polar surface area (TPSA) is 63.2 Å². The number of halogens is 3.